The number of nitrogens with one attached hydrogen (secondary N) is 1. The molecule has 0 aliphatic carbocycles. The number of sulfonamides is 1. The van der Waals surface area contributed by atoms with Crippen LogP contribution < -0.4 is 10.5 Å². The summed E-state index contributed by atoms with van der Waals surface area (Å²) in [5.74, 6) is -1.71. The van der Waals surface area contributed by atoms with Gasteiger partial charge in [-0.15, -0.1) is 0 Å². The summed E-state index contributed by atoms with van der Waals surface area (Å²) in [6.45, 7) is 1.37. The first kappa shape index (κ1) is 14.1. The van der Waals surface area contributed by atoms with Gasteiger partial charge in [-0.2, -0.15) is 0 Å². The summed E-state index contributed by atoms with van der Waals surface area (Å²) < 4.78 is 52.8. The number of halogens is 2. The Balaban J connectivity index is 2.38. The molecule has 1 heterocycles. The lowest BCUT2D eigenvalue weighted by Gasteiger charge is -2.09. The molecule has 0 saturated carbocycles. The molecule has 3 N–H and O–H groups in total. The van der Waals surface area contributed by atoms with Gasteiger partial charge in [0.2, 0.25) is 5.95 Å². The molecule has 9 heteroatoms. The van der Waals surface area contributed by atoms with Crippen molar-refractivity contribution in [2.24, 2.45) is 0 Å². The van der Waals surface area contributed by atoms with Crippen LogP contribution in [-0.2, 0) is 10.0 Å². The SMILES string of the molecule is Cc1cc(F)c(NS(=O)(=O)c2cnc(N)nc2)cc1F. The van der Waals surface area contributed by atoms with E-state index in [0.29, 0.717) is 0 Å². The number of aryl methyl sites for hydroxylation is 1. The maximum Gasteiger partial charge on any atom is 0.265 e. The van der Waals surface area contributed by atoms with Crippen molar-refractivity contribution >= 4 is 21.7 Å². The fraction of sp³-hybridized carbons (Fsp3) is 0.0909. The van der Waals surface area contributed by atoms with Gasteiger partial charge in [-0.05, 0) is 18.6 Å². The van der Waals surface area contributed by atoms with Crippen LogP contribution in [-0.4, -0.2) is 18.4 Å². The average molecular weight is 300 g/mol. The van der Waals surface area contributed by atoms with E-state index in [2.05, 4.69) is 9.97 Å². The number of hydrogen-bond acceptors (Lipinski definition) is 5. The minimum Gasteiger partial charge on any atom is -0.368 e. The smallest absolute Gasteiger partial charge is 0.265 e. The van der Waals surface area contributed by atoms with Crippen molar-refractivity contribution in [1.29, 1.82) is 0 Å². The van der Waals surface area contributed by atoms with Gasteiger partial charge in [0.15, 0.2) is 0 Å². The number of aromatic nitrogens is 2. The second-order valence-corrected chi connectivity index (χ2v) is 5.65. The van der Waals surface area contributed by atoms with Crippen LogP contribution in [0.5, 0.6) is 0 Å². The van der Waals surface area contributed by atoms with Crippen LogP contribution in [0.1, 0.15) is 5.56 Å². The standard InChI is InChI=1S/C11H10F2N4O2S/c1-6-2-9(13)10(3-8(6)12)17-20(18,19)7-4-15-11(14)16-5-7/h2-5,17H,1H3,(H2,14,15,16). The quantitative estimate of drug-likeness (QED) is 0.894. The number of anilines is 2. The van der Waals surface area contributed by atoms with E-state index >= 15 is 0 Å². The van der Waals surface area contributed by atoms with E-state index in [-0.39, 0.29) is 16.4 Å². The predicted octanol–water partition coefficient (Wildman–Crippen LogP) is 1.45. The van der Waals surface area contributed by atoms with Gasteiger partial charge in [0.1, 0.15) is 16.5 Å². The van der Waals surface area contributed by atoms with Gasteiger partial charge in [-0.1, -0.05) is 0 Å². The van der Waals surface area contributed by atoms with Crippen LogP contribution in [0.3, 0.4) is 0 Å². The third-order valence-electron chi connectivity index (χ3n) is 2.45. The minimum atomic E-state index is -4.12. The highest BCUT2D eigenvalue weighted by Gasteiger charge is 2.18. The molecule has 0 radical (unpaired) electrons. The molecule has 0 spiro atoms. The second kappa shape index (κ2) is 5.00. The molecule has 0 saturated heterocycles. The van der Waals surface area contributed by atoms with Gasteiger partial charge < -0.3 is 5.73 Å². The monoisotopic (exact) mass is 300 g/mol. The number of nitrogens with zero attached hydrogens (tertiary/aromatic N) is 2. The van der Waals surface area contributed by atoms with Crippen LogP contribution in [0, 0.1) is 18.6 Å². The topological polar surface area (TPSA) is 98.0 Å². The van der Waals surface area contributed by atoms with Gasteiger partial charge in [0.05, 0.1) is 18.1 Å². The average Bonchev–Trinajstić information content (AvgIpc) is 2.36. The van der Waals surface area contributed by atoms with Gasteiger partial charge in [0, 0.05) is 6.07 Å². The van der Waals surface area contributed by atoms with Gasteiger partial charge in [-0.3, -0.25) is 4.72 Å². The molecular formula is C11H10F2N4O2S. The molecule has 0 bridgehead atoms. The first-order valence-corrected chi connectivity index (χ1v) is 6.84. The molecule has 0 unspecified atom stereocenters. The van der Waals surface area contributed by atoms with Crippen molar-refractivity contribution in [2.45, 2.75) is 11.8 Å². The highest BCUT2D eigenvalue weighted by atomic mass is 32.2. The summed E-state index contributed by atoms with van der Waals surface area (Å²) >= 11 is 0. The maximum atomic E-state index is 13.6. The maximum absolute atomic E-state index is 13.6. The highest BCUT2D eigenvalue weighted by Crippen LogP contribution is 2.21. The Labute approximate surface area is 113 Å². The number of benzene rings is 1. The summed E-state index contributed by atoms with van der Waals surface area (Å²) in [7, 11) is -4.12. The van der Waals surface area contributed by atoms with Gasteiger partial charge in [0.25, 0.3) is 10.0 Å². The summed E-state index contributed by atoms with van der Waals surface area (Å²) in [5.41, 5.74) is 4.81. The summed E-state index contributed by atoms with van der Waals surface area (Å²) in [5, 5.41) is 0. The second-order valence-electron chi connectivity index (χ2n) is 3.96. The minimum absolute atomic E-state index is 0.0706. The van der Waals surface area contributed by atoms with E-state index in [1.807, 2.05) is 4.72 Å². The summed E-state index contributed by atoms with van der Waals surface area (Å²) in [6.07, 6.45) is 1.93. The van der Waals surface area contributed by atoms with Crippen molar-refractivity contribution in [2.75, 3.05) is 10.5 Å². The Hall–Kier alpha value is -2.29. The molecule has 0 aliphatic rings. The Kier molecular flexibility index (Phi) is 3.53. The number of rotatable bonds is 3. The lowest BCUT2D eigenvalue weighted by Crippen LogP contribution is -2.15. The van der Waals surface area contributed by atoms with Crippen LogP contribution in [0.15, 0.2) is 29.4 Å². The third-order valence-corrected chi connectivity index (χ3v) is 3.77. The van der Waals surface area contributed by atoms with Crippen LogP contribution in [0.4, 0.5) is 20.4 Å². The molecule has 0 fully saturated rings. The fourth-order valence-corrected chi connectivity index (χ4v) is 2.34. The first-order chi connectivity index (χ1) is 9.29. The van der Waals surface area contributed by atoms with Crippen LogP contribution in [0.2, 0.25) is 0 Å². The molecule has 20 heavy (non-hydrogen) atoms. The summed E-state index contributed by atoms with van der Waals surface area (Å²) in [6, 6.07) is 1.66. The van der Waals surface area contributed by atoms with Crippen molar-refractivity contribution < 1.29 is 17.2 Å². The molecule has 2 rings (SSSR count). The normalized spacial score (nSPS) is 11.3. The van der Waals surface area contributed by atoms with Crippen molar-refractivity contribution in [3.63, 3.8) is 0 Å². The van der Waals surface area contributed by atoms with Crippen molar-refractivity contribution in [3.8, 4) is 0 Å². The van der Waals surface area contributed by atoms with E-state index in [0.717, 1.165) is 24.5 Å². The Morgan fingerprint density at radius 1 is 1.15 bits per heavy atom. The Morgan fingerprint density at radius 2 is 1.75 bits per heavy atom. The van der Waals surface area contributed by atoms with Crippen molar-refractivity contribution in [1.82, 2.24) is 9.97 Å². The lowest BCUT2D eigenvalue weighted by molar-refractivity contribution is 0.590. The van der Waals surface area contributed by atoms with Crippen molar-refractivity contribution in [3.05, 3.63) is 41.7 Å². The molecule has 1 aromatic heterocycles. The zero-order chi connectivity index (χ0) is 14.9. The molecule has 106 valence electrons. The Bertz CT molecular complexity index is 748. The largest absolute Gasteiger partial charge is 0.368 e. The molecule has 2 aromatic rings. The zero-order valence-electron chi connectivity index (χ0n) is 10.3. The number of nitrogen functional groups attached to an aromatic ring is 1. The third kappa shape index (κ3) is 2.82. The molecule has 6 nitrogen and oxygen atoms in total. The summed E-state index contributed by atoms with van der Waals surface area (Å²) in [4.78, 5) is 6.73. The predicted molar refractivity (Wildman–Crippen MR) is 68.3 cm³/mol. The molecule has 1 aromatic carbocycles. The molecular weight excluding hydrogens is 290 g/mol. The first-order valence-electron chi connectivity index (χ1n) is 5.35. The van der Waals surface area contributed by atoms with E-state index in [9.17, 15) is 17.2 Å². The number of nitrogens with two attached hydrogens (primary N) is 1. The lowest BCUT2D eigenvalue weighted by atomic mass is 10.2. The molecule has 0 atom stereocenters. The van der Waals surface area contributed by atoms with Crippen LogP contribution in [0.25, 0.3) is 0 Å². The Morgan fingerprint density at radius 3 is 2.35 bits per heavy atom. The molecule has 0 aliphatic heterocycles. The molecule has 0 amide bonds. The van der Waals surface area contributed by atoms with E-state index in [1.54, 1.807) is 0 Å². The van der Waals surface area contributed by atoms with E-state index in [1.165, 1.54) is 6.92 Å². The van der Waals surface area contributed by atoms with Gasteiger partial charge in [-0.25, -0.2) is 27.2 Å². The van der Waals surface area contributed by atoms with Gasteiger partial charge >= 0.3 is 0 Å². The fourth-order valence-electron chi connectivity index (χ4n) is 1.39. The highest BCUT2D eigenvalue weighted by molar-refractivity contribution is 7.92. The van der Waals surface area contributed by atoms with E-state index in [4.69, 9.17) is 5.73 Å². The number of hydrogen-bond donors (Lipinski definition) is 2. The zero-order valence-corrected chi connectivity index (χ0v) is 11.1. The van der Waals surface area contributed by atoms with Crippen LogP contribution >= 0.6 is 0 Å². The van der Waals surface area contributed by atoms with E-state index < -0.39 is 27.3 Å².